The summed E-state index contributed by atoms with van der Waals surface area (Å²) in [5, 5.41) is 2.97. The van der Waals surface area contributed by atoms with Crippen LogP contribution in [0.2, 0.25) is 0 Å². The van der Waals surface area contributed by atoms with Crippen molar-refractivity contribution in [1.82, 2.24) is 0 Å². The fraction of sp³-hybridized carbons (Fsp3) is 0.250. The van der Waals surface area contributed by atoms with Gasteiger partial charge >= 0.3 is 0 Å². The molecule has 0 spiro atoms. The van der Waals surface area contributed by atoms with Crippen molar-refractivity contribution in [2.75, 3.05) is 17.1 Å². The predicted octanol–water partition coefficient (Wildman–Crippen LogP) is 3.02. The highest BCUT2D eigenvalue weighted by atomic mass is 32.2. The molecule has 0 radical (unpaired) electrons. The van der Waals surface area contributed by atoms with E-state index in [1.807, 2.05) is 18.2 Å². The SMILES string of the molecule is CNc1ccc(S(=O)(=O)Nc2ccc3c(c2)CCC3)cc1. The second kappa shape index (κ2) is 5.41. The maximum Gasteiger partial charge on any atom is 0.261 e. The van der Waals surface area contributed by atoms with E-state index in [1.54, 1.807) is 31.3 Å². The second-order valence-electron chi connectivity index (χ2n) is 5.22. The number of fused-ring (bicyclic) bond motifs is 1. The number of aryl methyl sites for hydroxylation is 2. The molecule has 0 bridgehead atoms. The van der Waals surface area contributed by atoms with Crippen molar-refractivity contribution in [3.63, 3.8) is 0 Å². The molecule has 110 valence electrons. The zero-order valence-corrected chi connectivity index (χ0v) is 12.7. The van der Waals surface area contributed by atoms with Gasteiger partial charge in [-0.1, -0.05) is 6.07 Å². The second-order valence-corrected chi connectivity index (χ2v) is 6.90. The van der Waals surface area contributed by atoms with Crippen LogP contribution in [0.1, 0.15) is 17.5 Å². The molecular formula is C16H18N2O2S. The van der Waals surface area contributed by atoms with Crippen LogP contribution in [-0.2, 0) is 22.9 Å². The average Bonchev–Trinajstić information content (AvgIpc) is 2.94. The Morgan fingerprint density at radius 3 is 2.29 bits per heavy atom. The monoisotopic (exact) mass is 302 g/mol. The molecule has 5 heteroatoms. The molecule has 0 saturated carbocycles. The van der Waals surface area contributed by atoms with Crippen molar-refractivity contribution in [3.05, 3.63) is 53.6 Å². The smallest absolute Gasteiger partial charge is 0.261 e. The lowest BCUT2D eigenvalue weighted by molar-refractivity contribution is 0.601. The van der Waals surface area contributed by atoms with Gasteiger partial charge in [0.2, 0.25) is 0 Å². The van der Waals surface area contributed by atoms with Gasteiger partial charge in [-0.2, -0.15) is 0 Å². The van der Waals surface area contributed by atoms with Gasteiger partial charge in [0, 0.05) is 18.4 Å². The number of hydrogen-bond donors (Lipinski definition) is 2. The normalized spacial score (nSPS) is 13.8. The Bertz CT molecular complexity index is 752. The summed E-state index contributed by atoms with van der Waals surface area (Å²) in [6.07, 6.45) is 3.27. The number of hydrogen-bond acceptors (Lipinski definition) is 3. The van der Waals surface area contributed by atoms with Crippen molar-refractivity contribution >= 4 is 21.4 Å². The van der Waals surface area contributed by atoms with Gasteiger partial charge in [0.25, 0.3) is 10.0 Å². The molecule has 1 aliphatic carbocycles. The van der Waals surface area contributed by atoms with E-state index in [-0.39, 0.29) is 4.90 Å². The number of sulfonamides is 1. The first kappa shape index (κ1) is 13.9. The van der Waals surface area contributed by atoms with Crippen molar-refractivity contribution in [1.29, 1.82) is 0 Å². The summed E-state index contributed by atoms with van der Waals surface area (Å²) in [6, 6.07) is 12.5. The van der Waals surface area contributed by atoms with Gasteiger partial charge in [-0.3, -0.25) is 4.72 Å². The number of rotatable bonds is 4. The minimum Gasteiger partial charge on any atom is -0.388 e. The molecule has 2 aromatic carbocycles. The van der Waals surface area contributed by atoms with E-state index in [0.717, 1.165) is 24.9 Å². The molecule has 3 rings (SSSR count). The van der Waals surface area contributed by atoms with E-state index in [4.69, 9.17) is 0 Å². The third-order valence-corrected chi connectivity index (χ3v) is 5.20. The van der Waals surface area contributed by atoms with E-state index >= 15 is 0 Å². The Balaban J connectivity index is 1.85. The molecule has 21 heavy (non-hydrogen) atoms. The minimum absolute atomic E-state index is 0.266. The molecule has 0 heterocycles. The van der Waals surface area contributed by atoms with E-state index in [0.29, 0.717) is 5.69 Å². The van der Waals surface area contributed by atoms with Crippen molar-refractivity contribution in [2.45, 2.75) is 24.2 Å². The van der Waals surface area contributed by atoms with Gasteiger partial charge in [-0.05, 0) is 66.8 Å². The van der Waals surface area contributed by atoms with Gasteiger partial charge in [0.05, 0.1) is 4.90 Å². The lowest BCUT2D eigenvalue weighted by Gasteiger charge is -2.10. The van der Waals surface area contributed by atoms with Crippen LogP contribution >= 0.6 is 0 Å². The number of anilines is 2. The zero-order valence-electron chi connectivity index (χ0n) is 11.9. The average molecular weight is 302 g/mol. The Hall–Kier alpha value is -2.01. The summed E-state index contributed by atoms with van der Waals surface area (Å²) in [7, 11) is -1.74. The Kier molecular flexibility index (Phi) is 3.59. The molecule has 0 fully saturated rings. The minimum atomic E-state index is -3.53. The summed E-state index contributed by atoms with van der Waals surface area (Å²) < 4.78 is 27.4. The van der Waals surface area contributed by atoms with E-state index in [9.17, 15) is 8.42 Å². The maximum atomic E-state index is 12.4. The van der Waals surface area contributed by atoms with Crippen LogP contribution < -0.4 is 10.0 Å². The van der Waals surface area contributed by atoms with Crippen LogP contribution in [0.4, 0.5) is 11.4 Å². The summed E-state index contributed by atoms with van der Waals surface area (Å²) in [5.74, 6) is 0. The van der Waals surface area contributed by atoms with Gasteiger partial charge in [0.15, 0.2) is 0 Å². The lowest BCUT2D eigenvalue weighted by Crippen LogP contribution is -2.13. The van der Waals surface area contributed by atoms with Crippen LogP contribution in [0.25, 0.3) is 0 Å². The summed E-state index contributed by atoms with van der Waals surface area (Å²) in [5.41, 5.74) is 4.09. The molecule has 0 unspecified atom stereocenters. The van der Waals surface area contributed by atoms with Crippen molar-refractivity contribution < 1.29 is 8.42 Å². The van der Waals surface area contributed by atoms with Gasteiger partial charge < -0.3 is 5.32 Å². The first-order valence-electron chi connectivity index (χ1n) is 7.01. The third kappa shape index (κ3) is 2.88. The zero-order chi connectivity index (χ0) is 14.9. The molecule has 2 aromatic rings. The van der Waals surface area contributed by atoms with Crippen LogP contribution in [0.3, 0.4) is 0 Å². The molecule has 2 N–H and O–H groups in total. The third-order valence-electron chi connectivity index (χ3n) is 3.80. The molecule has 1 aliphatic rings. The van der Waals surface area contributed by atoms with Gasteiger partial charge in [-0.15, -0.1) is 0 Å². The maximum absolute atomic E-state index is 12.4. The van der Waals surface area contributed by atoms with Crippen molar-refractivity contribution in [3.8, 4) is 0 Å². The first-order valence-corrected chi connectivity index (χ1v) is 8.49. The van der Waals surface area contributed by atoms with Crippen LogP contribution in [0.15, 0.2) is 47.4 Å². The molecule has 0 saturated heterocycles. The number of benzene rings is 2. The van der Waals surface area contributed by atoms with Crippen molar-refractivity contribution in [2.24, 2.45) is 0 Å². The summed E-state index contributed by atoms with van der Waals surface area (Å²) in [6.45, 7) is 0. The van der Waals surface area contributed by atoms with Gasteiger partial charge in [0.1, 0.15) is 0 Å². The molecule has 0 aliphatic heterocycles. The van der Waals surface area contributed by atoms with E-state index in [2.05, 4.69) is 10.0 Å². The fourth-order valence-corrected chi connectivity index (χ4v) is 3.70. The highest BCUT2D eigenvalue weighted by Gasteiger charge is 2.16. The predicted molar refractivity (Wildman–Crippen MR) is 85.3 cm³/mol. The first-order chi connectivity index (χ1) is 10.1. The lowest BCUT2D eigenvalue weighted by atomic mass is 10.1. The topological polar surface area (TPSA) is 58.2 Å². The molecule has 0 aromatic heterocycles. The quantitative estimate of drug-likeness (QED) is 0.912. The summed E-state index contributed by atoms with van der Waals surface area (Å²) >= 11 is 0. The Morgan fingerprint density at radius 2 is 1.57 bits per heavy atom. The Morgan fingerprint density at radius 1 is 0.905 bits per heavy atom. The highest BCUT2D eigenvalue weighted by Crippen LogP contribution is 2.26. The van der Waals surface area contributed by atoms with Gasteiger partial charge in [-0.25, -0.2) is 8.42 Å². The fourth-order valence-electron chi connectivity index (χ4n) is 2.65. The molecular weight excluding hydrogens is 284 g/mol. The largest absolute Gasteiger partial charge is 0.388 e. The Labute approximate surface area is 125 Å². The molecule has 0 amide bonds. The highest BCUT2D eigenvalue weighted by molar-refractivity contribution is 7.92. The van der Waals surface area contributed by atoms with Crippen LogP contribution in [0.5, 0.6) is 0 Å². The molecule has 4 nitrogen and oxygen atoms in total. The van der Waals surface area contributed by atoms with Crippen LogP contribution in [0, 0.1) is 0 Å². The molecule has 0 atom stereocenters. The van der Waals surface area contributed by atoms with Crippen LogP contribution in [-0.4, -0.2) is 15.5 Å². The number of nitrogens with one attached hydrogen (secondary N) is 2. The summed E-state index contributed by atoms with van der Waals surface area (Å²) in [4.78, 5) is 0.266. The standard InChI is InChI=1S/C16H18N2O2S/c1-17-14-7-9-16(10-8-14)21(19,20)18-15-6-5-12-3-2-4-13(12)11-15/h5-11,17-18H,2-4H2,1H3. The van der Waals surface area contributed by atoms with E-state index < -0.39 is 10.0 Å². The van der Waals surface area contributed by atoms with E-state index in [1.165, 1.54) is 11.1 Å².